The third kappa shape index (κ3) is 5.93. The van der Waals surface area contributed by atoms with Crippen molar-refractivity contribution in [2.24, 2.45) is 11.1 Å². The lowest BCUT2D eigenvalue weighted by atomic mass is 9.90. The minimum Gasteiger partial charge on any atom is -0.396 e. The van der Waals surface area contributed by atoms with Gasteiger partial charge in [0.1, 0.15) is 37.1 Å². The summed E-state index contributed by atoms with van der Waals surface area (Å²) in [6.07, 6.45) is -5.48. The second-order valence-electron chi connectivity index (χ2n) is 8.52. The Morgan fingerprint density at radius 3 is 2.36 bits per heavy atom. The third-order valence-corrected chi connectivity index (χ3v) is 6.14. The maximum absolute atomic E-state index is 10.4. The summed E-state index contributed by atoms with van der Waals surface area (Å²) in [4.78, 5) is 5.25. The van der Waals surface area contributed by atoms with E-state index in [2.05, 4.69) is 19.0 Å². The maximum Gasteiger partial charge on any atom is 0.114 e. The molecule has 2 aromatic carbocycles. The molecule has 0 saturated carbocycles. The van der Waals surface area contributed by atoms with Gasteiger partial charge in [0.2, 0.25) is 0 Å². The molecule has 1 saturated heterocycles. The maximum atomic E-state index is 10.4. The van der Waals surface area contributed by atoms with E-state index in [1.165, 1.54) is 0 Å². The van der Waals surface area contributed by atoms with Gasteiger partial charge in [0.25, 0.3) is 0 Å². The van der Waals surface area contributed by atoms with Gasteiger partial charge in [-0.2, -0.15) is 0 Å². The molecule has 0 aromatic heterocycles. The van der Waals surface area contributed by atoms with Crippen molar-refractivity contribution >= 4 is 17.3 Å². The number of hydrogen-bond acceptors (Lipinski definition) is 7. The fourth-order valence-electron chi connectivity index (χ4n) is 3.92. The van der Waals surface area contributed by atoms with Crippen molar-refractivity contribution in [3.8, 4) is 0 Å². The van der Waals surface area contributed by atoms with Crippen molar-refractivity contribution in [1.82, 2.24) is 0 Å². The number of oxime groups is 1. The van der Waals surface area contributed by atoms with Crippen molar-refractivity contribution in [2.75, 3.05) is 13.2 Å². The van der Waals surface area contributed by atoms with Crippen molar-refractivity contribution in [3.63, 3.8) is 0 Å². The Labute approximate surface area is 199 Å². The highest BCUT2D eigenvalue weighted by molar-refractivity contribution is 6.31. The fourth-order valence-corrected chi connectivity index (χ4v) is 4.11. The van der Waals surface area contributed by atoms with E-state index in [9.17, 15) is 20.4 Å². The van der Waals surface area contributed by atoms with E-state index in [1.54, 1.807) is 12.1 Å². The second kappa shape index (κ2) is 11.4. The quantitative estimate of drug-likeness (QED) is 0.343. The van der Waals surface area contributed by atoms with E-state index in [-0.39, 0.29) is 5.92 Å². The molecule has 33 heavy (non-hydrogen) atoms. The number of aliphatic hydroxyl groups is 4. The summed E-state index contributed by atoms with van der Waals surface area (Å²) < 4.78 is 5.68. The van der Waals surface area contributed by atoms with Crippen molar-refractivity contribution in [2.45, 2.75) is 57.7 Å². The average Bonchev–Trinajstić information content (AvgIpc) is 2.80. The molecule has 180 valence electrons. The SMILES string of the molecule is CCON=C(c1ccc(Cc2cc(C3OC(CO)C(O)C(O)C3O)ccc2Cl)cc1)C(C)C. The molecule has 3 rings (SSSR count). The molecule has 8 heteroatoms. The molecule has 5 unspecified atom stereocenters. The van der Waals surface area contributed by atoms with E-state index in [0.29, 0.717) is 23.6 Å². The van der Waals surface area contributed by atoms with Crippen LogP contribution in [0.15, 0.2) is 47.6 Å². The smallest absolute Gasteiger partial charge is 0.114 e. The summed E-state index contributed by atoms with van der Waals surface area (Å²) >= 11 is 6.44. The predicted octanol–water partition coefficient (Wildman–Crippen LogP) is 2.84. The highest BCUT2D eigenvalue weighted by atomic mass is 35.5. The fraction of sp³-hybridized carbons (Fsp3) is 0.480. The minimum atomic E-state index is -1.43. The highest BCUT2D eigenvalue weighted by Gasteiger charge is 2.44. The molecule has 0 spiro atoms. The predicted molar refractivity (Wildman–Crippen MR) is 126 cm³/mol. The first-order chi connectivity index (χ1) is 15.8. The largest absolute Gasteiger partial charge is 0.396 e. The Morgan fingerprint density at radius 1 is 1.06 bits per heavy atom. The molecule has 0 amide bonds. The Hall–Kier alpha value is -2.00. The zero-order chi connectivity index (χ0) is 24.1. The van der Waals surface area contributed by atoms with Gasteiger partial charge in [0, 0.05) is 5.02 Å². The summed E-state index contributed by atoms with van der Waals surface area (Å²) in [5, 5.41) is 44.8. The standard InChI is InChI=1S/C25H32ClNO6/c1-4-32-27-21(14(2)3)16-7-5-15(6-8-16)11-18-12-17(9-10-19(18)26)25-24(31)23(30)22(29)20(13-28)33-25/h5-10,12,14,20,22-25,28-31H,4,11,13H2,1-3H3. The zero-order valence-electron chi connectivity index (χ0n) is 19.1. The lowest BCUT2D eigenvalue weighted by Gasteiger charge is -2.40. The van der Waals surface area contributed by atoms with Crippen LogP contribution in [0, 0.1) is 5.92 Å². The topological polar surface area (TPSA) is 112 Å². The number of rotatable bonds is 8. The van der Waals surface area contributed by atoms with Gasteiger partial charge in [-0.25, -0.2) is 0 Å². The monoisotopic (exact) mass is 477 g/mol. The Balaban J connectivity index is 1.82. The van der Waals surface area contributed by atoms with E-state index in [0.717, 1.165) is 22.4 Å². The van der Waals surface area contributed by atoms with Crippen LogP contribution in [0.3, 0.4) is 0 Å². The molecule has 0 radical (unpaired) electrons. The number of aliphatic hydroxyl groups excluding tert-OH is 4. The van der Waals surface area contributed by atoms with Gasteiger partial charge in [-0.05, 0) is 47.6 Å². The van der Waals surface area contributed by atoms with Gasteiger partial charge >= 0.3 is 0 Å². The molecule has 5 atom stereocenters. The normalized spacial score (nSPS) is 26.0. The number of halogens is 1. The van der Waals surface area contributed by atoms with Crippen LogP contribution >= 0.6 is 11.6 Å². The Bertz CT molecular complexity index is 946. The lowest BCUT2D eigenvalue weighted by molar-refractivity contribution is -0.231. The van der Waals surface area contributed by atoms with Crippen LogP contribution < -0.4 is 0 Å². The number of hydrogen-bond donors (Lipinski definition) is 4. The van der Waals surface area contributed by atoms with Crippen LogP contribution in [0.4, 0.5) is 0 Å². The summed E-state index contributed by atoms with van der Waals surface area (Å²) in [5.41, 5.74) is 4.33. The molecule has 4 N–H and O–H groups in total. The molecule has 0 aliphatic carbocycles. The molecule has 1 fully saturated rings. The van der Waals surface area contributed by atoms with Crippen LogP contribution in [-0.4, -0.2) is 63.8 Å². The zero-order valence-corrected chi connectivity index (χ0v) is 19.8. The van der Waals surface area contributed by atoms with Gasteiger partial charge in [0.15, 0.2) is 0 Å². The molecule has 2 aromatic rings. The first-order valence-electron chi connectivity index (χ1n) is 11.1. The molecular formula is C25H32ClNO6. The first-order valence-corrected chi connectivity index (χ1v) is 11.5. The first kappa shape index (κ1) is 25.6. The Morgan fingerprint density at radius 2 is 1.76 bits per heavy atom. The van der Waals surface area contributed by atoms with Gasteiger partial charge < -0.3 is 30.0 Å². The van der Waals surface area contributed by atoms with Crippen LogP contribution in [-0.2, 0) is 16.0 Å². The van der Waals surface area contributed by atoms with E-state index in [1.807, 2.05) is 37.3 Å². The molecule has 1 aliphatic heterocycles. The van der Waals surface area contributed by atoms with Gasteiger partial charge in [-0.1, -0.05) is 67.0 Å². The summed E-state index contributed by atoms with van der Waals surface area (Å²) in [5.74, 6) is 0.215. The summed E-state index contributed by atoms with van der Waals surface area (Å²) in [6, 6.07) is 13.3. The van der Waals surface area contributed by atoms with E-state index < -0.39 is 37.1 Å². The van der Waals surface area contributed by atoms with Crippen molar-refractivity contribution in [3.05, 3.63) is 69.7 Å². The summed E-state index contributed by atoms with van der Waals surface area (Å²) in [7, 11) is 0. The second-order valence-corrected chi connectivity index (χ2v) is 8.93. The van der Waals surface area contributed by atoms with Crippen LogP contribution in [0.1, 0.15) is 49.1 Å². The van der Waals surface area contributed by atoms with Crippen molar-refractivity contribution < 1.29 is 30.0 Å². The van der Waals surface area contributed by atoms with Crippen molar-refractivity contribution in [1.29, 1.82) is 0 Å². The lowest BCUT2D eigenvalue weighted by Crippen LogP contribution is -2.55. The van der Waals surface area contributed by atoms with Gasteiger partial charge in [0.05, 0.1) is 12.3 Å². The summed E-state index contributed by atoms with van der Waals surface area (Å²) in [6.45, 7) is 6.06. The number of benzene rings is 2. The molecular weight excluding hydrogens is 446 g/mol. The van der Waals surface area contributed by atoms with E-state index in [4.69, 9.17) is 21.2 Å². The third-order valence-electron chi connectivity index (χ3n) is 5.77. The highest BCUT2D eigenvalue weighted by Crippen LogP contribution is 2.34. The molecule has 7 nitrogen and oxygen atoms in total. The molecule has 1 aliphatic rings. The minimum absolute atomic E-state index is 0.215. The molecule has 1 heterocycles. The van der Waals surface area contributed by atoms with Crippen LogP contribution in [0.5, 0.6) is 0 Å². The molecule has 0 bridgehead atoms. The van der Waals surface area contributed by atoms with Crippen LogP contribution in [0.2, 0.25) is 5.02 Å². The van der Waals surface area contributed by atoms with E-state index >= 15 is 0 Å². The van der Waals surface area contributed by atoms with Crippen LogP contribution in [0.25, 0.3) is 0 Å². The number of nitrogens with zero attached hydrogens (tertiary/aromatic N) is 1. The van der Waals surface area contributed by atoms with Gasteiger partial charge in [-0.3, -0.25) is 0 Å². The van der Waals surface area contributed by atoms with Gasteiger partial charge in [-0.15, -0.1) is 0 Å². The number of ether oxygens (including phenoxy) is 1. The Kier molecular flexibility index (Phi) is 8.87. The average molecular weight is 478 g/mol.